The van der Waals surface area contributed by atoms with Crippen LogP contribution in [0.2, 0.25) is 0 Å². The van der Waals surface area contributed by atoms with E-state index in [4.69, 9.17) is 22.7 Å². The molecule has 19 heavy (non-hydrogen) atoms. The molecule has 2 N–H and O–H groups in total. The van der Waals surface area contributed by atoms with Crippen molar-refractivity contribution in [3.63, 3.8) is 0 Å². The van der Waals surface area contributed by atoms with E-state index in [0.29, 0.717) is 11.5 Å². The van der Waals surface area contributed by atoms with E-state index in [1.807, 2.05) is 0 Å². The number of nitrogens with zero attached hydrogens (tertiary/aromatic N) is 1. The molecule has 1 aromatic carbocycles. The molecular weight excluding hydrogens is 263 g/mol. The summed E-state index contributed by atoms with van der Waals surface area (Å²) in [5, 5.41) is 0. The van der Waals surface area contributed by atoms with Crippen LogP contribution in [-0.2, 0) is 4.74 Å². The minimum atomic E-state index is -0.308. The molecule has 0 radical (unpaired) electrons. The molecule has 1 saturated heterocycles. The van der Waals surface area contributed by atoms with Gasteiger partial charge in [-0.05, 0) is 37.0 Å². The summed E-state index contributed by atoms with van der Waals surface area (Å²) in [6, 6.07) is 4.63. The molecule has 0 aliphatic carbocycles. The van der Waals surface area contributed by atoms with E-state index < -0.39 is 0 Å². The number of hydrogen-bond acceptors (Lipinski definition) is 3. The van der Waals surface area contributed by atoms with Gasteiger partial charge in [0.1, 0.15) is 10.8 Å². The van der Waals surface area contributed by atoms with E-state index in [0.717, 1.165) is 38.2 Å². The van der Waals surface area contributed by atoms with Crippen LogP contribution >= 0.6 is 12.2 Å². The maximum atomic E-state index is 13.3. The van der Waals surface area contributed by atoms with Crippen LogP contribution in [0.4, 0.5) is 10.1 Å². The number of benzene rings is 1. The second-order valence-electron chi connectivity index (χ2n) is 4.94. The van der Waals surface area contributed by atoms with Gasteiger partial charge in [0.25, 0.3) is 0 Å². The van der Waals surface area contributed by atoms with Crippen molar-refractivity contribution in [1.82, 2.24) is 0 Å². The molecular formula is C14H19FN2OS. The summed E-state index contributed by atoms with van der Waals surface area (Å²) >= 11 is 5.02. The second kappa shape index (κ2) is 6.30. The molecule has 0 spiro atoms. The first-order valence-electron chi connectivity index (χ1n) is 6.45. The first-order chi connectivity index (χ1) is 9.11. The maximum Gasteiger partial charge on any atom is 0.124 e. The Balaban J connectivity index is 2.23. The van der Waals surface area contributed by atoms with E-state index in [-0.39, 0.29) is 10.8 Å². The number of piperidine rings is 1. The minimum Gasteiger partial charge on any atom is -0.389 e. The van der Waals surface area contributed by atoms with Crippen molar-refractivity contribution < 1.29 is 9.13 Å². The Morgan fingerprint density at radius 1 is 1.58 bits per heavy atom. The van der Waals surface area contributed by atoms with Gasteiger partial charge in [0.05, 0.1) is 6.61 Å². The molecule has 5 heteroatoms. The number of ether oxygens (including phenoxy) is 1. The highest BCUT2D eigenvalue weighted by Gasteiger charge is 2.22. The Kier molecular flexibility index (Phi) is 4.71. The number of thiocarbonyl (C=S) groups is 1. The molecule has 1 heterocycles. The predicted molar refractivity (Wildman–Crippen MR) is 79.1 cm³/mol. The third-order valence-corrected chi connectivity index (χ3v) is 3.71. The summed E-state index contributed by atoms with van der Waals surface area (Å²) in [6.07, 6.45) is 2.26. The third-order valence-electron chi connectivity index (χ3n) is 3.49. The van der Waals surface area contributed by atoms with Gasteiger partial charge in [-0.2, -0.15) is 0 Å². The van der Waals surface area contributed by atoms with Crippen LogP contribution in [0.3, 0.4) is 0 Å². The maximum absolute atomic E-state index is 13.3. The van der Waals surface area contributed by atoms with Gasteiger partial charge in [-0.25, -0.2) is 4.39 Å². The van der Waals surface area contributed by atoms with Crippen LogP contribution in [0.25, 0.3) is 0 Å². The highest BCUT2D eigenvalue weighted by atomic mass is 32.1. The van der Waals surface area contributed by atoms with Crippen molar-refractivity contribution in [2.75, 3.05) is 31.7 Å². The fourth-order valence-electron chi connectivity index (χ4n) is 2.64. The zero-order valence-corrected chi connectivity index (χ0v) is 11.9. The molecule has 1 unspecified atom stereocenters. The lowest BCUT2D eigenvalue weighted by Gasteiger charge is -2.35. The number of anilines is 1. The molecule has 1 aromatic rings. The number of rotatable bonds is 4. The molecule has 2 rings (SSSR count). The SMILES string of the molecule is COCC1CCCN(c2ccc(F)cc2C(N)=S)C1. The number of methoxy groups -OCH3 is 1. The van der Waals surface area contributed by atoms with Crippen LogP contribution in [0, 0.1) is 11.7 Å². The van der Waals surface area contributed by atoms with Crippen molar-refractivity contribution in [2.45, 2.75) is 12.8 Å². The largest absolute Gasteiger partial charge is 0.389 e. The third kappa shape index (κ3) is 3.42. The Morgan fingerprint density at radius 3 is 3.05 bits per heavy atom. The Labute approximate surface area is 118 Å². The van der Waals surface area contributed by atoms with E-state index in [2.05, 4.69) is 4.90 Å². The van der Waals surface area contributed by atoms with E-state index in [1.54, 1.807) is 13.2 Å². The topological polar surface area (TPSA) is 38.5 Å². The number of hydrogen-bond donors (Lipinski definition) is 1. The normalized spacial score (nSPS) is 19.5. The van der Waals surface area contributed by atoms with Crippen molar-refractivity contribution in [2.24, 2.45) is 11.7 Å². The molecule has 3 nitrogen and oxygen atoms in total. The summed E-state index contributed by atoms with van der Waals surface area (Å²) in [6.45, 7) is 2.59. The predicted octanol–water partition coefficient (Wildman–Crippen LogP) is 2.32. The molecule has 104 valence electrons. The van der Waals surface area contributed by atoms with Crippen LogP contribution < -0.4 is 10.6 Å². The van der Waals surface area contributed by atoms with Crippen LogP contribution in [0.1, 0.15) is 18.4 Å². The van der Waals surface area contributed by atoms with Crippen LogP contribution in [-0.4, -0.2) is 31.8 Å². The summed E-state index contributed by atoms with van der Waals surface area (Å²) in [5.41, 5.74) is 7.24. The molecule has 0 saturated carbocycles. The minimum absolute atomic E-state index is 0.239. The fraction of sp³-hybridized carbons (Fsp3) is 0.500. The van der Waals surface area contributed by atoms with Crippen molar-refractivity contribution in [3.8, 4) is 0 Å². The molecule has 0 bridgehead atoms. The standard InChI is InChI=1S/C14H19FN2OS/c1-18-9-10-3-2-6-17(8-10)13-5-4-11(15)7-12(13)14(16)19/h4-5,7,10H,2-3,6,8-9H2,1H3,(H2,16,19). The second-order valence-corrected chi connectivity index (χ2v) is 5.38. The van der Waals surface area contributed by atoms with Gasteiger partial charge in [-0.3, -0.25) is 0 Å². The molecule has 0 amide bonds. The lowest BCUT2D eigenvalue weighted by molar-refractivity contribution is 0.143. The smallest absolute Gasteiger partial charge is 0.124 e. The van der Waals surface area contributed by atoms with Gasteiger partial charge in [-0.1, -0.05) is 12.2 Å². The molecule has 1 atom stereocenters. The van der Waals surface area contributed by atoms with Gasteiger partial charge < -0.3 is 15.4 Å². The van der Waals surface area contributed by atoms with E-state index >= 15 is 0 Å². The number of halogens is 1. The average molecular weight is 282 g/mol. The van der Waals surface area contributed by atoms with Crippen LogP contribution in [0.15, 0.2) is 18.2 Å². The zero-order chi connectivity index (χ0) is 13.8. The van der Waals surface area contributed by atoms with Gasteiger partial charge in [0.2, 0.25) is 0 Å². The van der Waals surface area contributed by atoms with Crippen molar-refractivity contribution in [1.29, 1.82) is 0 Å². The summed E-state index contributed by atoms with van der Waals surface area (Å²) in [7, 11) is 1.72. The summed E-state index contributed by atoms with van der Waals surface area (Å²) in [4.78, 5) is 2.46. The quantitative estimate of drug-likeness (QED) is 0.860. The molecule has 0 aromatic heterocycles. The summed E-state index contributed by atoms with van der Waals surface area (Å²) < 4.78 is 18.5. The highest BCUT2D eigenvalue weighted by molar-refractivity contribution is 7.80. The summed E-state index contributed by atoms with van der Waals surface area (Å²) in [5.74, 6) is 0.194. The Hall–Kier alpha value is -1.20. The highest BCUT2D eigenvalue weighted by Crippen LogP contribution is 2.27. The lowest BCUT2D eigenvalue weighted by Crippen LogP contribution is -2.38. The Morgan fingerprint density at radius 2 is 2.37 bits per heavy atom. The first-order valence-corrected chi connectivity index (χ1v) is 6.86. The van der Waals surface area contributed by atoms with Gasteiger partial charge in [-0.15, -0.1) is 0 Å². The number of nitrogens with two attached hydrogens (primary N) is 1. The fourth-order valence-corrected chi connectivity index (χ4v) is 2.80. The first kappa shape index (κ1) is 14.2. The van der Waals surface area contributed by atoms with Crippen molar-refractivity contribution in [3.05, 3.63) is 29.6 Å². The molecule has 1 fully saturated rings. The lowest BCUT2D eigenvalue weighted by atomic mass is 9.97. The molecule has 1 aliphatic heterocycles. The average Bonchev–Trinajstić information content (AvgIpc) is 2.39. The van der Waals surface area contributed by atoms with E-state index in [9.17, 15) is 4.39 Å². The monoisotopic (exact) mass is 282 g/mol. The van der Waals surface area contributed by atoms with Gasteiger partial charge in [0.15, 0.2) is 0 Å². The Bertz CT molecular complexity index is 465. The van der Waals surface area contributed by atoms with Crippen molar-refractivity contribution >= 4 is 22.9 Å². The van der Waals surface area contributed by atoms with Crippen LogP contribution in [0.5, 0.6) is 0 Å². The molecule has 1 aliphatic rings. The van der Waals surface area contributed by atoms with Gasteiger partial charge in [0, 0.05) is 31.5 Å². The van der Waals surface area contributed by atoms with E-state index in [1.165, 1.54) is 12.1 Å². The zero-order valence-electron chi connectivity index (χ0n) is 11.1. The van der Waals surface area contributed by atoms with Gasteiger partial charge >= 0.3 is 0 Å².